The molecule has 0 aliphatic carbocycles. The van der Waals surface area contributed by atoms with Crippen LogP contribution in [-0.4, -0.2) is 25.8 Å². The molecule has 0 radical (unpaired) electrons. The Morgan fingerprint density at radius 3 is 2.35 bits per heavy atom. The average molecular weight is 417 g/mol. The van der Waals surface area contributed by atoms with E-state index in [0.29, 0.717) is 18.1 Å². The Labute approximate surface area is 183 Å². The number of nitrogens with one attached hydrogen (secondary N) is 2. The van der Waals surface area contributed by atoms with E-state index in [2.05, 4.69) is 41.5 Å². The Morgan fingerprint density at radius 1 is 0.903 bits per heavy atom. The first kappa shape index (κ1) is 20.7. The molecule has 0 amide bonds. The van der Waals surface area contributed by atoms with E-state index < -0.39 is 0 Å². The van der Waals surface area contributed by atoms with E-state index in [1.807, 2.05) is 49.4 Å². The number of ether oxygens (including phenoxy) is 3. The zero-order chi connectivity index (χ0) is 21.8. The Hall–Kier alpha value is -3.60. The van der Waals surface area contributed by atoms with Crippen molar-refractivity contribution < 1.29 is 14.2 Å². The van der Waals surface area contributed by atoms with Crippen LogP contribution in [0.1, 0.15) is 29.8 Å². The molecule has 5 heteroatoms. The van der Waals surface area contributed by atoms with Crippen molar-refractivity contribution in [2.24, 2.45) is 0 Å². The lowest BCUT2D eigenvalue weighted by Crippen LogP contribution is -2.13. The number of para-hydroxylation sites is 1. The number of aryl methyl sites for hydroxylation is 1. The molecule has 0 saturated carbocycles. The highest BCUT2D eigenvalue weighted by Gasteiger charge is 2.22. The van der Waals surface area contributed by atoms with Crippen molar-refractivity contribution in [3.05, 3.63) is 83.6 Å². The molecule has 5 nitrogen and oxygen atoms in total. The SMILES string of the molecule is CCOc1ccc(NC(c2ccc(OC)c(OC)c2)c2c(C)[nH]c3ccccc23)cc1. The minimum absolute atomic E-state index is 0.0890. The van der Waals surface area contributed by atoms with Gasteiger partial charge in [0.25, 0.3) is 0 Å². The normalized spacial score (nSPS) is 11.9. The molecule has 1 unspecified atom stereocenters. The highest BCUT2D eigenvalue weighted by atomic mass is 16.5. The van der Waals surface area contributed by atoms with Crippen molar-refractivity contribution >= 4 is 16.6 Å². The third-order valence-electron chi connectivity index (χ3n) is 5.45. The Balaban J connectivity index is 1.81. The van der Waals surface area contributed by atoms with Crippen molar-refractivity contribution in [1.29, 1.82) is 0 Å². The van der Waals surface area contributed by atoms with E-state index in [0.717, 1.165) is 28.2 Å². The maximum Gasteiger partial charge on any atom is 0.161 e. The molecule has 1 atom stereocenters. The van der Waals surface area contributed by atoms with Gasteiger partial charge in [-0.15, -0.1) is 0 Å². The first-order chi connectivity index (χ1) is 15.1. The Morgan fingerprint density at radius 2 is 1.65 bits per heavy atom. The van der Waals surface area contributed by atoms with Crippen LogP contribution in [0.2, 0.25) is 0 Å². The molecule has 4 rings (SSSR count). The number of fused-ring (bicyclic) bond motifs is 1. The molecular weight excluding hydrogens is 388 g/mol. The summed E-state index contributed by atoms with van der Waals surface area (Å²) >= 11 is 0. The summed E-state index contributed by atoms with van der Waals surface area (Å²) in [6.07, 6.45) is 0. The number of anilines is 1. The molecule has 4 aromatic rings. The molecule has 160 valence electrons. The lowest BCUT2D eigenvalue weighted by atomic mass is 9.95. The van der Waals surface area contributed by atoms with Gasteiger partial charge in [0.1, 0.15) is 5.75 Å². The summed E-state index contributed by atoms with van der Waals surface area (Å²) in [5.41, 5.74) is 5.54. The minimum atomic E-state index is -0.0890. The van der Waals surface area contributed by atoms with Gasteiger partial charge in [0, 0.05) is 27.8 Å². The standard InChI is InChI=1S/C26H28N2O3/c1-5-31-20-13-11-19(12-14-20)28-26(18-10-15-23(29-3)24(16-18)30-4)25-17(2)27-22-9-7-6-8-21(22)25/h6-16,26-28H,5H2,1-4H3. The molecule has 0 saturated heterocycles. The number of aromatic amines is 1. The zero-order valence-corrected chi connectivity index (χ0v) is 18.4. The van der Waals surface area contributed by atoms with Crippen LogP contribution < -0.4 is 19.5 Å². The second-order valence-corrected chi connectivity index (χ2v) is 7.36. The predicted octanol–water partition coefficient (Wildman–Crippen LogP) is 6.09. The molecule has 1 heterocycles. The van der Waals surface area contributed by atoms with E-state index in [4.69, 9.17) is 14.2 Å². The quantitative estimate of drug-likeness (QED) is 0.365. The van der Waals surface area contributed by atoms with Gasteiger partial charge in [0.2, 0.25) is 0 Å². The number of rotatable bonds is 8. The van der Waals surface area contributed by atoms with Crippen molar-refractivity contribution in [1.82, 2.24) is 4.98 Å². The summed E-state index contributed by atoms with van der Waals surface area (Å²) < 4.78 is 16.6. The van der Waals surface area contributed by atoms with Crippen LogP contribution in [0.15, 0.2) is 66.7 Å². The molecule has 3 aromatic carbocycles. The molecule has 0 fully saturated rings. The second kappa shape index (κ2) is 9.04. The van der Waals surface area contributed by atoms with Gasteiger partial charge < -0.3 is 24.5 Å². The van der Waals surface area contributed by atoms with Gasteiger partial charge in [-0.05, 0) is 61.9 Å². The number of hydrogen-bond acceptors (Lipinski definition) is 4. The smallest absolute Gasteiger partial charge is 0.161 e. The largest absolute Gasteiger partial charge is 0.494 e. The number of hydrogen-bond donors (Lipinski definition) is 2. The summed E-state index contributed by atoms with van der Waals surface area (Å²) in [6.45, 7) is 4.75. The number of aromatic nitrogens is 1. The van der Waals surface area contributed by atoms with Crippen LogP contribution in [0.3, 0.4) is 0 Å². The average Bonchev–Trinajstić information content (AvgIpc) is 3.14. The van der Waals surface area contributed by atoms with E-state index >= 15 is 0 Å². The summed E-state index contributed by atoms with van der Waals surface area (Å²) in [6, 6.07) is 22.4. The number of methoxy groups -OCH3 is 2. The maximum atomic E-state index is 5.59. The fourth-order valence-electron chi connectivity index (χ4n) is 4.01. The second-order valence-electron chi connectivity index (χ2n) is 7.36. The van der Waals surface area contributed by atoms with Crippen LogP contribution in [0.4, 0.5) is 5.69 Å². The molecule has 0 aliphatic rings. The fraction of sp³-hybridized carbons (Fsp3) is 0.231. The van der Waals surface area contributed by atoms with Gasteiger partial charge >= 0.3 is 0 Å². The Kier molecular flexibility index (Phi) is 6.03. The first-order valence-corrected chi connectivity index (χ1v) is 10.4. The van der Waals surface area contributed by atoms with Gasteiger partial charge in [-0.2, -0.15) is 0 Å². The number of H-pyrrole nitrogens is 1. The summed E-state index contributed by atoms with van der Waals surface area (Å²) in [5.74, 6) is 2.27. The summed E-state index contributed by atoms with van der Waals surface area (Å²) in [7, 11) is 3.31. The summed E-state index contributed by atoms with van der Waals surface area (Å²) in [4.78, 5) is 3.52. The fourth-order valence-corrected chi connectivity index (χ4v) is 4.01. The lowest BCUT2D eigenvalue weighted by Gasteiger charge is -2.23. The molecule has 0 spiro atoms. The highest BCUT2D eigenvalue weighted by molar-refractivity contribution is 5.86. The van der Waals surface area contributed by atoms with Gasteiger partial charge in [-0.3, -0.25) is 0 Å². The van der Waals surface area contributed by atoms with Crippen LogP contribution in [-0.2, 0) is 0 Å². The van der Waals surface area contributed by atoms with Crippen LogP contribution in [0.5, 0.6) is 17.2 Å². The summed E-state index contributed by atoms with van der Waals surface area (Å²) in [5, 5.41) is 4.91. The van der Waals surface area contributed by atoms with Crippen molar-refractivity contribution in [2.45, 2.75) is 19.9 Å². The molecular formula is C26H28N2O3. The van der Waals surface area contributed by atoms with Crippen LogP contribution >= 0.6 is 0 Å². The van der Waals surface area contributed by atoms with Crippen molar-refractivity contribution in [2.75, 3.05) is 26.1 Å². The van der Waals surface area contributed by atoms with Gasteiger partial charge in [-0.25, -0.2) is 0 Å². The third kappa shape index (κ3) is 4.17. The van der Waals surface area contributed by atoms with E-state index in [1.54, 1.807) is 14.2 Å². The van der Waals surface area contributed by atoms with E-state index in [-0.39, 0.29) is 6.04 Å². The molecule has 31 heavy (non-hydrogen) atoms. The minimum Gasteiger partial charge on any atom is -0.494 e. The van der Waals surface area contributed by atoms with Gasteiger partial charge in [-0.1, -0.05) is 24.3 Å². The molecule has 1 aromatic heterocycles. The third-order valence-corrected chi connectivity index (χ3v) is 5.45. The maximum absolute atomic E-state index is 5.59. The van der Waals surface area contributed by atoms with Crippen molar-refractivity contribution in [3.8, 4) is 17.2 Å². The van der Waals surface area contributed by atoms with Gasteiger partial charge in [0.15, 0.2) is 11.5 Å². The molecule has 0 bridgehead atoms. The molecule has 0 aliphatic heterocycles. The first-order valence-electron chi connectivity index (χ1n) is 10.4. The topological polar surface area (TPSA) is 55.5 Å². The molecule has 2 N–H and O–H groups in total. The van der Waals surface area contributed by atoms with Crippen LogP contribution in [0.25, 0.3) is 10.9 Å². The zero-order valence-electron chi connectivity index (χ0n) is 18.4. The number of benzene rings is 3. The van der Waals surface area contributed by atoms with Gasteiger partial charge in [0.05, 0.1) is 26.9 Å². The van der Waals surface area contributed by atoms with Crippen LogP contribution in [0, 0.1) is 6.92 Å². The lowest BCUT2D eigenvalue weighted by molar-refractivity contribution is 0.340. The highest BCUT2D eigenvalue weighted by Crippen LogP contribution is 2.38. The van der Waals surface area contributed by atoms with Crippen molar-refractivity contribution in [3.63, 3.8) is 0 Å². The monoisotopic (exact) mass is 416 g/mol. The van der Waals surface area contributed by atoms with E-state index in [9.17, 15) is 0 Å². The Bertz CT molecular complexity index is 1170. The predicted molar refractivity (Wildman–Crippen MR) is 126 cm³/mol. The van der Waals surface area contributed by atoms with E-state index in [1.165, 1.54) is 10.9 Å².